The minimum atomic E-state index is -1.21. The molecule has 0 aromatic rings. The maximum Gasteiger partial charge on any atom is 0.407 e. The first kappa shape index (κ1) is 19.0. The van der Waals surface area contributed by atoms with E-state index in [1.807, 2.05) is 7.05 Å². The van der Waals surface area contributed by atoms with Crippen molar-refractivity contribution in [3.63, 3.8) is 0 Å². The summed E-state index contributed by atoms with van der Waals surface area (Å²) in [7, 11) is 1.84. The molecule has 1 amide bonds. The van der Waals surface area contributed by atoms with Gasteiger partial charge in [0.05, 0.1) is 30.3 Å². The molecule has 2 aliphatic rings. The molecule has 24 heavy (non-hydrogen) atoms. The molecule has 8 heteroatoms. The van der Waals surface area contributed by atoms with Crippen LogP contribution in [0.15, 0.2) is 5.10 Å². The Bertz CT molecular complexity index is 491. The number of nitrogens with one attached hydrogen (secondary N) is 1. The summed E-state index contributed by atoms with van der Waals surface area (Å²) in [5.74, 6) is 0. The Balaban J connectivity index is 2.11. The van der Waals surface area contributed by atoms with E-state index < -0.39 is 29.4 Å². The van der Waals surface area contributed by atoms with Crippen LogP contribution in [0.2, 0.25) is 0 Å². The standard InChI is InChI=1S/C16H30N4O4/c1-9-16(5,22)12(19-14(21)24-15(2,3)4)7-11(23-9)13-10(17)8-18-20(13)6/h8-13,22H,7,17H2,1-6H3,(H,19,21)/t9-,10?,11-,12-,13?,16-/m1/s1. The van der Waals surface area contributed by atoms with Crippen molar-refractivity contribution in [1.29, 1.82) is 0 Å². The molecule has 4 N–H and O–H groups in total. The van der Waals surface area contributed by atoms with Crippen LogP contribution in [-0.2, 0) is 9.47 Å². The number of aliphatic hydroxyl groups is 1. The number of nitrogens with two attached hydrogens (primary N) is 1. The number of nitrogens with zero attached hydrogens (tertiary/aromatic N) is 2. The molecule has 0 aromatic carbocycles. The Morgan fingerprint density at radius 3 is 2.67 bits per heavy atom. The summed E-state index contributed by atoms with van der Waals surface area (Å²) in [6, 6.07) is -0.897. The Hall–Kier alpha value is -1.38. The predicted molar refractivity (Wildman–Crippen MR) is 90.8 cm³/mol. The van der Waals surface area contributed by atoms with E-state index in [1.54, 1.807) is 45.8 Å². The van der Waals surface area contributed by atoms with Crippen molar-refractivity contribution in [1.82, 2.24) is 10.3 Å². The second-order valence-electron chi connectivity index (χ2n) is 7.88. The highest BCUT2D eigenvalue weighted by atomic mass is 16.6. The lowest BCUT2D eigenvalue weighted by Crippen LogP contribution is -2.66. The van der Waals surface area contributed by atoms with Crippen molar-refractivity contribution < 1.29 is 19.4 Å². The number of amides is 1. The largest absolute Gasteiger partial charge is 0.444 e. The molecule has 0 saturated carbocycles. The van der Waals surface area contributed by atoms with E-state index in [0.29, 0.717) is 6.42 Å². The van der Waals surface area contributed by atoms with Gasteiger partial charge >= 0.3 is 6.09 Å². The van der Waals surface area contributed by atoms with Gasteiger partial charge in [0, 0.05) is 13.3 Å². The van der Waals surface area contributed by atoms with Gasteiger partial charge in [-0.3, -0.25) is 5.01 Å². The maximum absolute atomic E-state index is 12.1. The van der Waals surface area contributed by atoms with Gasteiger partial charge in [0.15, 0.2) is 0 Å². The van der Waals surface area contributed by atoms with Crippen LogP contribution >= 0.6 is 0 Å². The zero-order chi connectivity index (χ0) is 18.3. The Morgan fingerprint density at radius 1 is 1.54 bits per heavy atom. The smallest absolute Gasteiger partial charge is 0.407 e. The molecule has 138 valence electrons. The molecular weight excluding hydrogens is 312 g/mol. The second-order valence-corrected chi connectivity index (χ2v) is 7.88. The molecular formula is C16H30N4O4. The van der Waals surface area contributed by atoms with Crippen LogP contribution in [0.4, 0.5) is 4.79 Å². The second kappa shape index (κ2) is 6.50. The summed E-state index contributed by atoms with van der Waals surface area (Å²) in [6.07, 6.45) is 0.811. The molecule has 0 radical (unpaired) electrons. The van der Waals surface area contributed by atoms with E-state index in [4.69, 9.17) is 15.2 Å². The fourth-order valence-electron chi connectivity index (χ4n) is 3.17. The SMILES string of the molecule is C[C@H]1O[C@@H](C2C(N)C=NN2C)C[C@@H](NC(=O)OC(C)(C)C)[C@]1(C)O. The highest BCUT2D eigenvalue weighted by molar-refractivity contribution is 5.68. The molecule has 0 bridgehead atoms. The maximum atomic E-state index is 12.1. The minimum absolute atomic E-state index is 0.133. The first-order valence-electron chi connectivity index (χ1n) is 8.31. The third-order valence-corrected chi connectivity index (χ3v) is 4.69. The molecule has 0 aromatic heterocycles. The van der Waals surface area contributed by atoms with E-state index >= 15 is 0 Å². The van der Waals surface area contributed by atoms with E-state index in [1.165, 1.54) is 0 Å². The van der Waals surface area contributed by atoms with Gasteiger partial charge in [-0.25, -0.2) is 4.79 Å². The predicted octanol–water partition coefficient (Wildman–Crippen LogP) is 0.435. The number of carbonyl (C=O) groups excluding carboxylic acids is 1. The average Bonchev–Trinajstić information content (AvgIpc) is 2.72. The van der Waals surface area contributed by atoms with E-state index in [2.05, 4.69) is 10.4 Å². The molecule has 2 heterocycles. The van der Waals surface area contributed by atoms with Gasteiger partial charge < -0.3 is 25.6 Å². The van der Waals surface area contributed by atoms with Crippen LogP contribution in [0.25, 0.3) is 0 Å². The zero-order valence-electron chi connectivity index (χ0n) is 15.3. The number of alkyl carbamates (subject to hydrolysis) is 1. The van der Waals surface area contributed by atoms with Gasteiger partial charge in [-0.1, -0.05) is 0 Å². The van der Waals surface area contributed by atoms with Crippen molar-refractivity contribution in [2.45, 2.75) is 82.6 Å². The van der Waals surface area contributed by atoms with Gasteiger partial charge in [-0.05, 0) is 41.0 Å². The van der Waals surface area contributed by atoms with E-state index in [-0.39, 0.29) is 18.2 Å². The van der Waals surface area contributed by atoms with Crippen LogP contribution in [0.1, 0.15) is 41.0 Å². The fourth-order valence-corrected chi connectivity index (χ4v) is 3.17. The van der Waals surface area contributed by atoms with Gasteiger partial charge in [-0.15, -0.1) is 0 Å². The topological polar surface area (TPSA) is 109 Å². The highest BCUT2D eigenvalue weighted by Crippen LogP contribution is 2.33. The third-order valence-electron chi connectivity index (χ3n) is 4.69. The number of ether oxygens (including phenoxy) is 2. The van der Waals surface area contributed by atoms with Crippen LogP contribution in [0, 0.1) is 0 Å². The molecule has 8 nitrogen and oxygen atoms in total. The number of likely N-dealkylation sites (N-methyl/N-ethyl adjacent to an activating group) is 1. The first-order chi connectivity index (χ1) is 10.9. The lowest BCUT2D eigenvalue weighted by Gasteiger charge is -2.47. The fraction of sp³-hybridized carbons (Fsp3) is 0.875. The molecule has 1 fully saturated rings. The molecule has 2 aliphatic heterocycles. The van der Waals surface area contributed by atoms with Crippen molar-refractivity contribution in [2.75, 3.05) is 7.05 Å². The summed E-state index contributed by atoms with van der Waals surface area (Å²) in [5.41, 5.74) is 4.28. The van der Waals surface area contributed by atoms with E-state index in [9.17, 15) is 9.90 Å². The summed E-state index contributed by atoms with van der Waals surface area (Å²) in [6.45, 7) is 8.83. The number of rotatable bonds is 2. The summed E-state index contributed by atoms with van der Waals surface area (Å²) in [5, 5.41) is 19.5. The summed E-state index contributed by atoms with van der Waals surface area (Å²) < 4.78 is 11.3. The Labute approximate surface area is 143 Å². The van der Waals surface area contributed by atoms with E-state index in [0.717, 1.165) is 0 Å². The molecule has 2 unspecified atom stereocenters. The normalized spacial score (nSPS) is 39.8. The summed E-state index contributed by atoms with van der Waals surface area (Å²) in [4.78, 5) is 12.1. The van der Waals surface area contributed by atoms with Crippen molar-refractivity contribution >= 4 is 12.3 Å². The number of hydrogen-bond donors (Lipinski definition) is 3. The van der Waals surface area contributed by atoms with Crippen LogP contribution in [-0.4, -0.2) is 71.0 Å². The molecule has 6 atom stereocenters. The van der Waals surface area contributed by atoms with Gasteiger partial charge in [0.1, 0.15) is 11.2 Å². The van der Waals surface area contributed by atoms with Gasteiger partial charge in [0.2, 0.25) is 0 Å². The van der Waals surface area contributed by atoms with Crippen molar-refractivity contribution in [3.05, 3.63) is 0 Å². The van der Waals surface area contributed by atoms with Crippen LogP contribution in [0.3, 0.4) is 0 Å². The molecule has 0 spiro atoms. The first-order valence-corrected chi connectivity index (χ1v) is 8.31. The Kier molecular flexibility index (Phi) is 5.13. The average molecular weight is 342 g/mol. The molecule has 2 rings (SSSR count). The number of hydrazone groups is 1. The Morgan fingerprint density at radius 2 is 2.17 bits per heavy atom. The van der Waals surface area contributed by atoms with Gasteiger partial charge in [-0.2, -0.15) is 5.10 Å². The van der Waals surface area contributed by atoms with Crippen LogP contribution < -0.4 is 11.1 Å². The molecule has 1 saturated heterocycles. The lowest BCUT2D eigenvalue weighted by molar-refractivity contribution is -0.188. The van der Waals surface area contributed by atoms with Crippen LogP contribution in [0.5, 0.6) is 0 Å². The number of carbonyl (C=O) groups is 1. The highest BCUT2D eigenvalue weighted by Gasteiger charge is 2.49. The lowest BCUT2D eigenvalue weighted by atomic mass is 9.81. The third kappa shape index (κ3) is 3.99. The number of hydrogen-bond acceptors (Lipinski definition) is 7. The monoisotopic (exact) mass is 342 g/mol. The minimum Gasteiger partial charge on any atom is -0.444 e. The quantitative estimate of drug-likeness (QED) is 0.672. The molecule has 0 aliphatic carbocycles. The zero-order valence-corrected chi connectivity index (χ0v) is 15.3. The summed E-state index contributed by atoms with van der Waals surface area (Å²) >= 11 is 0. The van der Waals surface area contributed by atoms with Gasteiger partial charge in [0.25, 0.3) is 0 Å². The van der Waals surface area contributed by atoms with Crippen molar-refractivity contribution in [3.8, 4) is 0 Å². The van der Waals surface area contributed by atoms with Crippen molar-refractivity contribution in [2.24, 2.45) is 10.8 Å².